The van der Waals surface area contributed by atoms with Crippen LogP contribution in [0.25, 0.3) is 11.4 Å². The van der Waals surface area contributed by atoms with Gasteiger partial charge in [-0.25, -0.2) is 13.8 Å². The topological polar surface area (TPSA) is 61.6 Å². The van der Waals surface area contributed by atoms with E-state index in [2.05, 4.69) is 9.88 Å². The number of rotatable bonds is 2. The average molecular weight is 411 g/mol. The molecule has 1 saturated heterocycles. The quantitative estimate of drug-likeness (QED) is 0.773. The Bertz CT molecular complexity index is 933. The Hall–Kier alpha value is -2.03. The summed E-state index contributed by atoms with van der Waals surface area (Å²) in [6, 6.07) is 1.95. The van der Waals surface area contributed by atoms with Gasteiger partial charge in [0.15, 0.2) is 5.69 Å². The second kappa shape index (κ2) is 7.42. The number of hydrogen-bond donors (Lipinski definition) is 1. The van der Waals surface area contributed by atoms with Gasteiger partial charge in [0, 0.05) is 32.2 Å². The number of carbonyl (C=O) groups excluding carboxylic acids is 1. The summed E-state index contributed by atoms with van der Waals surface area (Å²) in [6.07, 6.45) is 0.789. The van der Waals surface area contributed by atoms with E-state index in [1.807, 2.05) is 11.6 Å². The monoisotopic (exact) mass is 410 g/mol. The van der Waals surface area contributed by atoms with E-state index in [0.29, 0.717) is 31.7 Å². The predicted octanol–water partition coefficient (Wildman–Crippen LogP) is 2.52. The Morgan fingerprint density at radius 3 is 2.75 bits per heavy atom. The number of carbonyl (C=O) groups is 1. The maximum atomic E-state index is 14.5. The molecule has 0 unspecified atom stereocenters. The van der Waals surface area contributed by atoms with Crippen LogP contribution in [-0.4, -0.2) is 63.2 Å². The molecule has 1 aromatic carbocycles. The van der Waals surface area contributed by atoms with E-state index in [0.717, 1.165) is 19.0 Å². The maximum Gasteiger partial charge on any atom is 0.274 e. The number of imidazole rings is 1. The molecule has 1 aromatic heterocycles. The van der Waals surface area contributed by atoms with Gasteiger partial charge >= 0.3 is 0 Å². The molecular formula is C19H21ClF2N4O2. The predicted molar refractivity (Wildman–Crippen MR) is 100 cm³/mol. The average Bonchev–Trinajstić information content (AvgIpc) is 3.17. The molecule has 4 rings (SSSR count). The smallest absolute Gasteiger partial charge is 0.274 e. The van der Waals surface area contributed by atoms with Crippen molar-refractivity contribution in [1.29, 1.82) is 0 Å². The Labute approximate surface area is 166 Å². The third kappa shape index (κ3) is 3.40. The largest absolute Gasteiger partial charge is 0.391 e. The van der Waals surface area contributed by atoms with Crippen LogP contribution in [-0.2, 0) is 13.1 Å². The number of fused-ring (bicyclic) bond motifs is 1. The van der Waals surface area contributed by atoms with Crippen molar-refractivity contribution in [2.75, 3.05) is 26.7 Å². The molecule has 2 aliphatic heterocycles. The van der Waals surface area contributed by atoms with Gasteiger partial charge in [-0.1, -0.05) is 11.6 Å². The van der Waals surface area contributed by atoms with Crippen LogP contribution < -0.4 is 0 Å². The van der Waals surface area contributed by atoms with Crippen molar-refractivity contribution >= 4 is 17.5 Å². The van der Waals surface area contributed by atoms with E-state index in [4.69, 9.17) is 11.6 Å². The van der Waals surface area contributed by atoms with Crippen molar-refractivity contribution in [3.8, 4) is 11.4 Å². The highest BCUT2D eigenvalue weighted by Gasteiger charge is 2.32. The lowest BCUT2D eigenvalue weighted by Gasteiger charge is -2.17. The van der Waals surface area contributed by atoms with Gasteiger partial charge in [-0.3, -0.25) is 4.79 Å². The minimum atomic E-state index is -0.840. The van der Waals surface area contributed by atoms with Crippen LogP contribution in [0, 0.1) is 11.6 Å². The molecule has 0 spiro atoms. The van der Waals surface area contributed by atoms with E-state index in [-0.39, 0.29) is 34.6 Å². The van der Waals surface area contributed by atoms with Crippen molar-refractivity contribution in [2.45, 2.75) is 32.0 Å². The van der Waals surface area contributed by atoms with Crippen LogP contribution in [0.3, 0.4) is 0 Å². The van der Waals surface area contributed by atoms with Gasteiger partial charge in [-0.05, 0) is 32.5 Å². The Morgan fingerprint density at radius 2 is 2.04 bits per heavy atom. The van der Waals surface area contributed by atoms with E-state index in [1.54, 1.807) is 4.90 Å². The summed E-state index contributed by atoms with van der Waals surface area (Å²) >= 11 is 5.87. The SMILES string of the molecule is CN1CCCn2c(-c3cc(Cl)c(F)cc3F)nc(C(=O)N3CC[C@H](O)C3)c2C1. The van der Waals surface area contributed by atoms with Crippen LogP contribution in [0.1, 0.15) is 29.0 Å². The van der Waals surface area contributed by atoms with E-state index in [9.17, 15) is 18.7 Å². The molecule has 0 aliphatic carbocycles. The number of aliphatic hydroxyl groups is 1. The van der Waals surface area contributed by atoms with E-state index >= 15 is 0 Å². The van der Waals surface area contributed by atoms with Crippen molar-refractivity contribution in [3.63, 3.8) is 0 Å². The molecule has 0 saturated carbocycles. The first-order valence-corrected chi connectivity index (χ1v) is 9.63. The first-order valence-electron chi connectivity index (χ1n) is 9.25. The molecule has 2 aromatic rings. The number of benzene rings is 1. The number of nitrogens with zero attached hydrogens (tertiary/aromatic N) is 4. The molecule has 1 atom stereocenters. The molecule has 28 heavy (non-hydrogen) atoms. The zero-order valence-electron chi connectivity index (χ0n) is 15.5. The number of likely N-dealkylation sites (tertiary alicyclic amines) is 1. The molecule has 2 aliphatic rings. The number of halogens is 3. The molecule has 1 fully saturated rings. The third-order valence-corrected chi connectivity index (χ3v) is 5.61. The van der Waals surface area contributed by atoms with Crippen molar-refractivity contribution in [1.82, 2.24) is 19.4 Å². The Morgan fingerprint density at radius 1 is 1.25 bits per heavy atom. The summed E-state index contributed by atoms with van der Waals surface area (Å²) in [5.41, 5.74) is 1.01. The van der Waals surface area contributed by atoms with Crippen LogP contribution in [0.2, 0.25) is 5.02 Å². The number of aromatic nitrogens is 2. The lowest BCUT2D eigenvalue weighted by atomic mass is 10.2. The molecule has 150 valence electrons. The lowest BCUT2D eigenvalue weighted by molar-refractivity contribution is 0.0757. The second-order valence-electron chi connectivity index (χ2n) is 7.41. The minimum absolute atomic E-state index is 0.0673. The van der Waals surface area contributed by atoms with E-state index < -0.39 is 17.7 Å². The molecule has 3 heterocycles. The van der Waals surface area contributed by atoms with Crippen molar-refractivity contribution in [3.05, 3.63) is 40.2 Å². The van der Waals surface area contributed by atoms with Crippen LogP contribution in [0.5, 0.6) is 0 Å². The van der Waals surface area contributed by atoms with Gasteiger partial charge in [-0.2, -0.15) is 0 Å². The van der Waals surface area contributed by atoms with Crippen molar-refractivity contribution < 1.29 is 18.7 Å². The van der Waals surface area contributed by atoms with Crippen molar-refractivity contribution in [2.24, 2.45) is 0 Å². The summed E-state index contributed by atoms with van der Waals surface area (Å²) in [4.78, 5) is 21.2. The zero-order valence-corrected chi connectivity index (χ0v) is 16.2. The highest BCUT2D eigenvalue weighted by molar-refractivity contribution is 6.31. The van der Waals surface area contributed by atoms with Gasteiger partial charge in [0.2, 0.25) is 0 Å². The van der Waals surface area contributed by atoms with Gasteiger partial charge in [0.25, 0.3) is 5.91 Å². The summed E-state index contributed by atoms with van der Waals surface area (Å²) in [5.74, 6) is -1.63. The maximum absolute atomic E-state index is 14.5. The summed E-state index contributed by atoms with van der Waals surface area (Å²) in [5, 5.41) is 9.57. The first-order chi connectivity index (χ1) is 13.3. The number of β-amino-alcohol motifs (C(OH)–C–C–N with tert-alkyl or cyclic N) is 1. The van der Waals surface area contributed by atoms with Gasteiger partial charge in [0.05, 0.1) is 22.4 Å². The zero-order chi connectivity index (χ0) is 20.0. The third-order valence-electron chi connectivity index (χ3n) is 5.32. The first kappa shape index (κ1) is 19.3. The number of aliphatic hydroxyl groups excluding tert-OH is 1. The minimum Gasteiger partial charge on any atom is -0.391 e. The molecule has 1 amide bonds. The lowest BCUT2D eigenvalue weighted by Crippen LogP contribution is -2.31. The molecule has 0 bridgehead atoms. The van der Waals surface area contributed by atoms with E-state index in [1.165, 1.54) is 6.07 Å². The molecule has 1 N–H and O–H groups in total. The highest BCUT2D eigenvalue weighted by Crippen LogP contribution is 2.31. The van der Waals surface area contributed by atoms with Crippen LogP contribution in [0.4, 0.5) is 8.78 Å². The fourth-order valence-electron chi connectivity index (χ4n) is 3.87. The molecule has 0 radical (unpaired) electrons. The number of hydrogen-bond acceptors (Lipinski definition) is 4. The van der Waals surface area contributed by atoms with Gasteiger partial charge in [-0.15, -0.1) is 0 Å². The fourth-order valence-corrected chi connectivity index (χ4v) is 4.03. The molecule has 9 heteroatoms. The highest BCUT2D eigenvalue weighted by atomic mass is 35.5. The summed E-state index contributed by atoms with van der Waals surface area (Å²) in [6.45, 7) is 2.58. The Kier molecular flexibility index (Phi) is 5.11. The van der Waals surface area contributed by atoms with Crippen LogP contribution in [0.15, 0.2) is 12.1 Å². The summed E-state index contributed by atoms with van der Waals surface area (Å²) in [7, 11) is 1.95. The number of amides is 1. The fraction of sp³-hybridized carbons (Fsp3) is 0.474. The second-order valence-corrected chi connectivity index (χ2v) is 7.82. The summed E-state index contributed by atoms with van der Waals surface area (Å²) < 4.78 is 30.0. The van der Waals surface area contributed by atoms with Gasteiger partial charge in [0.1, 0.15) is 17.5 Å². The standard InChI is InChI=1S/C19H21ClF2N4O2/c1-24-4-2-5-26-16(10-24)17(19(28)25-6-3-11(27)9-25)23-18(26)12-7-13(20)15(22)8-14(12)21/h7-8,11,27H,2-6,9-10H2,1H3/t11-/m0/s1. The Balaban J connectivity index is 1.84. The molecular weight excluding hydrogens is 390 g/mol. The van der Waals surface area contributed by atoms with Crippen LogP contribution >= 0.6 is 11.6 Å². The molecule has 6 nitrogen and oxygen atoms in total. The van der Waals surface area contributed by atoms with Gasteiger partial charge < -0.3 is 19.5 Å². The normalized spacial score (nSPS) is 20.3.